The Morgan fingerprint density at radius 1 is 1.24 bits per heavy atom. The van der Waals surface area contributed by atoms with Crippen LogP contribution in [0.25, 0.3) is 0 Å². The van der Waals surface area contributed by atoms with E-state index in [1.54, 1.807) is 0 Å². The zero-order valence-electron chi connectivity index (χ0n) is 13.0. The zero-order valence-corrected chi connectivity index (χ0v) is 13.0. The van der Waals surface area contributed by atoms with Crippen LogP contribution < -0.4 is 5.32 Å². The first-order valence-electron chi connectivity index (χ1n) is 8.03. The molecule has 1 saturated carbocycles. The van der Waals surface area contributed by atoms with E-state index in [1.165, 1.54) is 29.7 Å². The second-order valence-electron chi connectivity index (χ2n) is 6.50. The summed E-state index contributed by atoms with van der Waals surface area (Å²) >= 11 is 0. The molecule has 0 unspecified atom stereocenters. The average Bonchev–Trinajstić information content (AvgIpc) is 3.23. The topological polar surface area (TPSA) is 29.9 Å². The van der Waals surface area contributed by atoms with E-state index in [4.69, 9.17) is 0 Å². The van der Waals surface area contributed by atoms with Crippen LogP contribution in [0.4, 0.5) is 0 Å². The molecular formula is C18H25N3. The molecule has 1 aliphatic rings. The zero-order chi connectivity index (χ0) is 14.7. The van der Waals surface area contributed by atoms with Crippen LogP contribution in [0.3, 0.4) is 0 Å². The summed E-state index contributed by atoms with van der Waals surface area (Å²) in [4.78, 5) is 0. The number of benzene rings is 1. The van der Waals surface area contributed by atoms with E-state index in [0.717, 1.165) is 25.6 Å². The Bertz CT molecular complexity index is 567. The summed E-state index contributed by atoms with van der Waals surface area (Å²) in [5.41, 5.74) is 4.16. The first-order chi connectivity index (χ1) is 10.2. The lowest BCUT2D eigenvalue weighted by Crippen LogP contribution is -2.19. The number of aromatic nitrogens is 2. The molecule has 0 bridgehead atoms. The molecule has 1 N–H and O–H groups in total. The van der Waals surface area contributed by atoms with E-state index in [1.807, 2.05) is 0 Å². The van der Waals surface area contributed by atoms with Gasteiger partial charge in [-0.3, -0.25) is 4.68 Å². The monoisotopic (exact) mass is 283 g/mol. The fraction of sp³-hybridized carbons (Fsp3) is 0.500. The van der Waals surface area contributed by atoms with Crippen LogP contribution in [0.2, 0.25) is 0 Å². The lowest BCUT2D eigenvalue weighted by Gasteiger charge is -2.11. The molecule has 21 heavy (non-hydrogen) atoms. The van der Waals surface area contributed by atoms with Crippen molar-refractivity contribution in [2.75, 3.05) is 6.54 Å². The standard InChI is InChI=1S/C18H25N3/c1-14(2)10-19-11-17-12-20-21(18(17)16-8-9-16)13-15-6-4-3-5-7-15/h3-7,12,14,16,19H,8-11,13H2,1-2H3. The van der Waals surface area contributed by atoms with Crippen LogP contribution >= 0.6 is 0 Å². The first kappa shape index (κ1) is 14.3. The Morgan fingerprint density at radius 3 is 2.67 bits per heavy atom. The summed E-state index contributed by atoms with van der Waals surface area (Å²) in [6.07, 6.45) is 4.69. The molecule has 0 radical (unpaired) electrons. The molecule has 3 heteroatoms. The Morgan fingerprint density at radius 2 is 2.00 bits per heavy atom. The van der Waals surface area contributed by atoms with E-state index in [2.05, 4.69) is 65.5 Å². The average molecular weight is 283 g/mol. The van der Waals surface area contributed by atoms with Crippen molar-refractivity contribution in [1.82, 2.24) is 15.1 Å². The highest BCUT2D eigenvalue weighted by Crippen LogP contribution is 2.41. The van der Waals surface area contributed by atoms with Gasteiger partial charge in [0.1, 0.15) is 0 Å². The highest BCUT2D eigenvalue weighted by atomic mass is 15.3. The molecule has 0 spiro atoms. The van der Waals surface area contributed by atoms with Gasteiger partial charge in [-0.2, -0.15) is 5.10 Å². The van der Waals surface area contributed by atoms with Gasteiger partial charge >= 0.3 is 0 Å². The second-order valence-corrected chi connectivity index (χ2v) is 6.50. The number of hydrogen-bond donors (Lipinski definition) is 1. The van der Waals surface area contributed by atoms with Crippen molar-refractivity contribution in [3.05, 3.63) is 53.3 Å². The quantitative estimate of drug-likeness (QED) is 0.842. The van der Waals surface area contributed by atoms with E-state index < -0.39 is 0 Å². The minimum atomic E-state index is 0.689. The number of nitrogens with zero attached hydrogens (tertiary/aromatic N) is 2. The predicted molar refractivity (Wildman–Crippen MR) is 86.3 cm³/mol. The number of rotatable bonds is 7. The molecule has 1 fully saturated rings. The summed E-state index contributed by atoms with van der Waals surface area (Å²) in [5, 5.41) is 8.20. The van der Waals surface area contributed by atoms with Crippen molar-refractivity contribution in [2.24, 2.45) is 5.92 Å². The maximum atomic E-state index is 4.65. The molecule has 0 saturated heterocycles. The molecule has 1 aromatic carbocycles. The van der Waals surface area contributed by atoms with Gasteiger partial charge in [-0.1, -0.05) is 44.2 Å². The van der Waals surface area contributed by atoms with Crippen molar-refractivity contribution in [2.45, 2.75) is 45.7 Å². The molecule has 0 aliphatic heterocycles. The van der Waals surface area contributed by atoms with Gasteiger partial charge < -0.3 is 5.32 Å². The van der Waals surface area contributed by atoms with Crippen molar-refractivity contribution in [3.63, 3.8) is 0 Å². The van der Waals surface area contributed by atoms with Gasteiger partial charge in [0.05, 0.1) is 12.7 Å². The van der Waals surface area contributed by atoms with Crippen LogP contribution in [0, 0.1) is 5.92 Å². The Kier molecular flexibility index (Phi) is 4.39. The summed E-state index contributed by atoms with van der Waals surface area (Å²) in [5.74, 6) is 1.42. The fourth-order valence-electron chi connectivity index (χ4n) is 2.78. The molecule has 2 aromatic rings. The van der Waals surface area contributed by atoms with Gasteiger partial charge in [-0.25, -0.2) is 0 Å². The van der Waals surface area contributed by atoms with Crippen LogP contribution in [0.15, 0.2) is 36.5 Å². The predicted octanol–water partition coefficient (Wildman–Crippen LogP) is 3.55. The van der Waals surface area contributed by atoms with Crippen molar-refractivity contribution in [3.8, 4) is 0 Å². The van der Waals surface area contributed by atoms with Crippen LogP contribution in [0.5, 0.6) is 0 Å². The highest BCUT2D eigenvalue weighted by Gasteiger charge is 2.30. The van der Waals surface area contributed by atoms with Gasteiger partial charge in [0.25, 0.3) is 0 Å². The maximum absolute atomic E-state index is 4.65. The lowest BCUT2D eigenvalue weighted by atomic mass is 10.1. The molecule has 1 heterocycles. The van der Waals surface area contributed by atoms with E-state index in [9.17, 15) is 0 Å². The molecule has 3 nitrogen and oxygen atoms in total. The van der Waals surface area contributed by atoms with Gasteiger partial charge in [-0.05, 0) is 30.9 Å². The van der Waals surface area contributed by atoms with Crippen LogP contribution in [-0.2, 0) is 13.1 Å². The molecule has 1 aromatic heterocycles. The third kappa shape index (κ3) is 3.73. The summed E-state index contributed by atoms with van der Waals surface area (Å²) in [6.45, 7) is 7.38. The summed E-state index contributed by atoms with van der Waals surface area (Å²) in [6, 6.07) is 10.6. The maximum Gasteiger partial charge on any atom is 0.0662 e. The molecule has 0 amide bonds. The molecular weight excluding hydrogens is 258 g/mol. The van der Waals surface area contributed by atoms with Gasteiger partial charge in [0.2, 0.25) is 0 Å². The Hall–Kier alpha value is -1.61. The minimum absolute atomic E-state index is 0.689. The van der Waals surface area contributed by atoms with E-state index in [0.29, 0.717) is 5.92 Å². The number of hydrogen-bond acceptors (Lipinski definition) is 2. The fourth-order valence-corrected chi connectivity index (χ4v) is 2.78. The SMILES string of the molecule is CC(C)CNCc1cnn(Cc2ccccc2)c1C1CC1. The second kappa shape index (κ2) is 6.44. The first-order valence-corrected chi connectivity index (χ1v) is 8.03. The number of nitrogens with one attached hydrogen (secondary N) is 1. The molecule has 1 aliphatic carbocycles. The van der Waals surface area contributed by atoms with Crippen molar-refractivity contribution < 1.29 is 0 Å². The largest absolute Gasteiger partial charge is 0.312 e. The van der Waals surface area contributed by atoms with Crippen LogP contribution in [0.1, 0.15) is 49.4 Å². The Labute approximate surface area is 127 Å². The van der Waals surface area contributed by atoms with Crippen molar-refractivity contribution in [1.29, 1.82) is 0 Å². The molecule has 3 rings (SSSR count). The minimum Gasteiger partial charge on any atom is -0.312 e. The van der Waals surface area contributed by atoms with Crippen LogP contribution in [-0.4, -0.2) is 16.3 Å². The normalized spacial score (nSPS) is 14.8. The smallest absolute Gasteiger partial charge is 0.0662 e. The summed E-state index contributed by atoms with van der Waals surface area (Å²) in [7, 11) is 0. The molecule has 0 atom stereocenters. The van der Waals surface area contributed by atoms with E-state index >= 15 is 0 Å². The summed E-state index contributed by atoms with van der Waals surface area (Å²) < 4.78 is 2.21. The third-order valence-corrected chi connectivity index (χ3v) is 3.97. The van der Waals surface area contributed by atoms with Gasteiger partial charge in [0, 0.05) is 23.7 Å². The lowest BCUT2D eigenvalue weighted by molar-refractivity contribution is 0.549. The van der Waals surface area contributed by atoms with E-state index in [-0.39, 0.29) is 0 Å². The highest BCUT2D eigenvalue weighted by molar-refractivity contribution is 5.27. The third-order valence-electron chi connectivity index (χ3n) is 3.97. The molecule has 112 valence electrons. The van der Waals surface area contributed by atoms with Crippen molar-refractivity contribution >= 4 is 0 Å². The van der Waals surface area contributed by atoms with Gasteiger partial charge in [-0.15, -0.1) is 0 Å². The van der Waals surface area contributed by atoms with Gasteiger partial charge in [0.15, 0.2) is 0 Å². The Balaban J connectivity index is 1.73.